The Balaban J connectivity index is 1.69. The Hall–Kier alpha value is -2.04. The second kappa shape index (κ2) is 6.60. The number of nitrogens with one attached hydrogen (secondary N) is 1. The maximum absolute atomic E-state index is 12.6. The van der Waals surface area contributed by atoms with Gasteiger partial charge in [-0.1, -0.05) is 23.8 Å². The highest BCUT2D eigenvalue weighted by atomic mass is 16.4. The first-order chi connectivity index (χ1) is 11.0. The van der Waals surface area contributed by atoms with Crippen LogP contribution in [0.4, 0.5) is 4.79 Å². The predicted octanol–water partition coefficient (Wildman–Crippen LogP) is 2.88. The summed E-state index contributed by atoms with van der Waals surface area (Å²) in [7, 11) is 0. The molecule has 1 aromatic rings. The number of likely N-dealkylation sites (tertiary alicyclic amines) is 1. The molecule has 1 aliphatic carbocycles. The standard InChI is InChI=1S/C18H24N2O3/c1-12-7-8-13-4-2-6-16(15(13)10-12)19-18(23)20-9-3-5-14(11-20)17(21)22/h7-8,10,14,16H,2-6,9,11H2,1H3,(H,19,23)(H,21,22)/t14?,16-/m0/s1. The van der Waals surface area contributed by atoms with Crippen LogP contribution in [0, 0.1) is 12.8 Å². The van der Waals surface area contributed by atoms with E-state index in [4.69, 9.17) is 5.11 Å². The average molecular weight is 316 g/mol. The van der Waals surface area contributed by atoms with E-state index in [2.05, 4.69) is 30.4 Å². The van der Waals surface area contributed by atoms with Crippen LogP contribution in [0.2, 0.25) is 0 Å². The van der Waals surface area contributed by atoms with Gasteiger partial charge >= 0.3 is 12.0 Å². The molecular formula is C18H24N2O3. The number of aliphatic carboxylic acids is 1. The Bertz CT molecular complexity index is 614. The lowest BCUT2D eigenvalue weighted by Gasteiger charge is -2.34. The van der Waals surface area contributed by atoms with Gasteiger partial charge in [-0.2, -0.15) is 0 Å². The van der Waals surface area contributed by atoms with E-state index in [0.717, 1.165) is 25.7 Å². The Labute approximate surface area is 136 Å². The summed E-state index contributed by atoms with van der Waals surface area (Å²) in [5.41, 5.74) is 3.74. The van der Waals surface area contributed by atoms with E-state index in [9.17, 15) is 9.59 Å². The zero-order valence-corrected chi connectivity index (χ0v) is 13.5. The van der Waals surface area contributed by atoms with Crippen molar-refractivity contribution in [3.05, 3.63) is 34.9 Å². The van der Waals surface area contributed by atoms with Crippen molar-refractivity contribution in [2.45, 2.75) is 45.1 Å². The van der Waals surface area contributed by atoms with Crippen LogP contribution in [0.3, 0.4) is 0 Å². The van der Waals surface area contributed by atoms with Crippen molar-refractivity contribution in [2.24, 2.45) is 5.92 Å². The van der Waals surface area contributed by atoms with E-state index in [1.807, 2.05) is 0 Å². The fourth-order valence-electron chi connectivity index (χ4n) is 3.67. The number of carbonyl (C=O) groups is 2. The lowest BCUT2D eigenvalue weighted by atomic mass is 9.86. The first kappa shape index (κ1) is 15.8. The van der Waals surface area contributed by atoms with Crippen molar-refractivity contribution in [1.82, 2.24) is 10.2 Å². The van der Waals surface area contributed by atoms with E-state index < -0.39 is 11.9 Å². The Morgan fingerprint density at radius 1 is 1.26 bits per heavy atom. The number of nitrogens with zero attached hydrogens (tertiary/aromatic N) is 1. The number of amides is 2. The van der Waals surface area contributed by atoms with E-state index in [0.29, 0.717) is 19.5 Å². The number of hydrogen-bond donors (Lipinski definition) is 2. The minimum absolute atomic E-state index is 0.0383. The fraction of sp³-hybridized carbons (Fsp3) is 0.556. The monoisotopic (exact) mass is 316 g/mol. The van der Waals surface area contributed by atoms with Gasteiger partial charge in [0.15, 0.2) is 0 Å². The lowest BCUT2D eigenvalue weighted by Crippen LogP contribution is -2.48. The van der Waals surface area contributed by atoms with Gasteiger partial charge in [0.25, 0.3) is 0 Å². The molecule has 0 spiro atoms. The van der Waals surface area contributed by atoms with Crippen LogP contribution >= 0.6 is 0 Å². The molecule has 1 aliphatic heterocycles. The molecule has 3 rings (SSSR count). The average Bonchev–Trinajstić information content (AvgIpc) is 2.55. The van der Waals surface area contributed by atoms with Crippen LogP contribution in [-0.4, -0.2) is 35.1 Å². The summed E-state index contributed by atoms with van der Waals surface area (Å²) in [5.74, 6) is -1.24. The molecule has 1 fully saturated rings. The second-order valence-corrected chi connectivity index (χ2v) is 6.72. The van der Waals surface area contributed by atoms with Gasteiger partial charge in [-0.25, -0.2) is 4.79 Å². The van der Waals surface area contributed by atoms with E-state index in [-0.39, 0.29) is 12.1 Å². The molecule has 124 valence electrons. The first-order valence-corrected chi connectivity index (χ1v) is 8.42. The summed E-state index contributed by atoms with van der Waals surface area (Å²) in [6, 6.07) is 6.34. The molecule has 5 nitrogen and oxygen atoms in total. The number of fused-ring (bicyclic) bond motifs is 1. The summed E-state index contributed by atoms with van der Waals surface area (Å²) in [6.07, 6.45) is 4.49. The van der Waals surface area contributed by atoms with Crippen molar-refractivity contribution in [3.63, 3.8) is 0 Å². The van der Waals surface area contributed by atoms with Gasteiger partial charge in [0.05, 0.1) is 12.0 Å². The SMILES string of the molecule is Cc1ccc2c(c1)[C@@H](NC(=O)N1CCCC(C(=O)O)C1)CCC2. The molecule has 1 aromatic carbocycles. The third-order valence-corrected chi connectivity index (χ3v) is 4.97. The molecule has 2 atom stereocenters. The van der Waals surface area contributed by atoms with Crippen molar-refractivity contribution in [2.75, 3.05) is 13.1 Å². The molecule has 2 aliphatic rings. The van der Waals surface area contributed by atoms with Crippen molar-refractivity contribution < 1.29 is 14.7 Å². The van der Waals surface area contributed by atoms with Crippen LogP contribution in [0.5, 0.6) is 0 Å². The summed E-state index contributed by atoms with van der Waals surface area (Å²) in [5, 5.41) is 12.3. The molecule has 0 aromatic heterocycles. The zero-order valence-electron chi connectivity index (χ0n) is 13.5. The quantitative estimate of drug-likeness (QED) is 0.881. The molecule has 1 saturated heterocycles. The molecule has 0 bridgehead atoms. The topological polar surface area (TPSA) is 69.6 Å². The number of carboxylic acids is 1. The molecule has 2 N–H and O–H groups in total. The third kappa shape index (κ3) is 3.49. The van der Waals surface area contributed by atoms with Crippen molar-refractivity contribution >= 4 is 12.0 Å². The highest BCUT2D eigenvalue weighted by Crippen LogP contribution is 2.30. The smallest absolute Gasteiger partial charge is 0.317 e. The van der Waals surface area contributed by atoms with Crippen LogP contribution in [0.1, 0.15) is 48.4 Å². The van der Waals surface area contributed by atoms with Crippen LogP contribution in [0.25, 0.3) is 0 Å². The molecule has 0 saturated carbocycles. The van der Waals surface area contributed by atoms with Crippen molar-refractivity contribution in [1.29, 1.82) is 0 Å². The first-order valence-electron chi connectivity index (χ1n) is 8.42. The number of aryl methyl sites for hydroxylation is 2. The van der Waals surface area contributed by atoms with Gasteiger partial charge in [-0.15, -0.1) is 0 Å². The maximum Gasteiger partial charge on any atom is 0.317 e. The third-order valence-electron chi connectivity index (χ3n) is 4.97. The number of piperidine rings is 1. The predicted molar refractivity (Wildman–Crippen MR) is 87.3 cm³/mol. The largest absolute Gasteiger partial charge is 0.481 e. The van der Waals surface area contributed by atoms with Gasteiger partial charge in [0, 0.05) is 13.1 Å². The molecular weight excluding hydrogens is 292 g/mol. The molecule has 1 heterocycles. The summed E-state index contributed by atoms with van der Waals surface area (Å²) >= 11 is 0. The number of carbonyl (C=O) groups excluding carboxylic acids is 1. The number of urea groups is 1. The minimum Gasteiger partial charge on any atom is -0.481 e. The Morgan fingerprint density at radius 2 is 2.09 bits per heavy atom. The van der Waals surface area contributed by atoms with E-state index in [1.54, 1.807) is 4.90 Å². The summed E-state index contributed by atoms with van der Waals surface area (Å²) in [4.78, 5) is 25.4. The highest BCUT2D eigenvalue weighted by Gasteiger charge is 2.30. The normalized spacial score (nSPS) is 24.0. The molecule has 2 amide bonds. The molecule has 23 heavy (non-hydrogen) atoms. The van der Waals surface area contributed by atoms with Crippen LogP contribution in [-0.2, 0) is 11.2 Å². The molecule has 1 unspecified atom stereocenters. The maximum atomic E-state index is 12.6. The minimum atomic E-state index is -0.805. The van der Waals surface area contributed by atoms with Gasteiger partial charge in [-0.05, 0) is 50.2 Å². The number of benzene rings is 1. The summed E-state index contributed by atoms with van der Waals surface area (Å²) < 4.78 is 0. The van der Waals surface area contributed by atoms with Crippen LogP contribution < -0.4 is 5.32 Å². The Morgan fingerprint density at radius 3 is 2.87 bits per heavy atom. The lowest BCUT2D eigenvalue weighted by molar-refractivity contribution is -0.143. The highest BCUT2D eigenvalue weighted by molar-refractivity contribution is 5.77. The van der Waals surface area contributed by atoms with Crippen LogP contribution in [0.15, 0.2) is 18.2 Å². The number of hydrogen-bond acceptors (Lipinski definition) is 2. The van der Waals surface area contributed by atoms with Gasteiger partial charge < -0.3 is 15.3 Å². The van der Waals surface area contributed by atoms with E-state index >= 15 is 0 Å². The Kier molecular flexibility index (Phi) is 4.55. The molecule has 0 radical (unpaired) electrons. The summed E-state index contributed by atoms with van der Waals surface area (Å²) in [6.45, 7) is 3.02. The fourth-order valence-corrected chi connectivity index (χ4v) is 3.67. The number of rotatable bonds is 2. The van der Waals surface area contributed by atoms with E-state index in [1.165, 1.54) is 16.7 Å². The van der Waals surface area contributed by atoms with Gasteiger partial charge in [-0.3, -0.25) is 4.79 Å². The number of carboxylic acid groups (broad SMARTS) is 1. The van der Waals surface area contributed by atoms with Gasteiger partial charge in [0.2, 0.25) is 0 Å². The molecule has 5 heteroatoms. The zero-order chi connectivity index (χ0) is 16.4. The van der Waals surface area contributed by atoms with Gasteiger partial charge in [0.1, 0.15) is 0 Å². The van der Waals surface area contributed by atoms with Crippen molar-refractivity contribution in [3.8, 4) is 0 Å². The second-order valence-electron chi connectivity index (χ2n) is 6.72.